The quantitative estimate of drug-likeness (QED) is 0.501. The molecule has 0 radical (unpaired) electrons. The lowest BCUT2D eigenvalue weighted by molar-refractivity contribution is 2.33. The highest BCUT2D eigenvalue weighted by Crippen LogP contribution is 2.19. The highest BCUT2D eigenvalue weighted by molar-refractivity contribution is 7.91. The molecule has 0 aromatic rings. The summed E-state index contributed by atoms with van der Waals surface area (Å²) in [6.45, 7) is 0. The minimum Gasteiger partial charge on any atom is -0.129 e. The Kier molecular flexibility index (Phi) is 3.60. The highest BCUT2D eigenvalue weighted by Gasteiger charge is 1.84. The molecule has 0 aromatic carbocycles. The van der Waals surface area contributed by atoms with Crippen LogP contribution in [0.2, 0.25) is 0 Å². The van der Waals surface area contributed by atoms with Crippen molar-refractivity contribution in [1.29, 1.82) is 0 Å². The third kappa shape index (κ3) is 3.22. The molecule has 0 saturated heterocycles. The van der Waals surface area contributed by atoms with Crippen LogP contribution < -0.4 is 0 Å². The van der Waals surface area contributed by atoms with Crippen LogP contribution in [0.1, 0.15) is 0 Å². The Labute approximate surface area is 57.3 Å². The molecule has 0 saturated carbocycles. The fourth-order valence-electron chi connectivity index (χ4n) is 0. The Balaban J connectivity index is 3.68. The molecule has 0 aliphatic heterocycles. The van der Waals surface area contributed by atoms with Gasteiger partial charge in [-0.1, -0.05) is 23.2 Å². The smallest absolute Gasteiger partial charge is 0.0953 e. The zero-order valence-electron chi connectivity index (χ0n) is 2.65. The molecule has 0 amide bonds. The molecule has 0 aliphatic carbocycles. The number of hydrogen-bond donors (Lipinski definition) is 2. The minimum absolute atomic E-state index is 0.222. The van der Waals surface area contributed by atoms with Gasteiger partial charge in [-0.15, -0.1) is 25.3 Å². The van der Waals surface area contributed by atoms with Gasteiger partial charge >= 0.3 is 0 Å². The van der Waals surface area contributed by atoms with Crippen LogP contribution >= 0.6 is 48.5 Å². The van der Waals surface area contributed by atoms with E-state index in [1.807, 2.05) is 0 Å². The summed E-state index contributed by atoms with van der Waals surface area (Å²) in [5.74, 6) is 0. The average Bonchev–Trinajstić information content (AvgIpc) is 1.36. The summed E-state index contributed by atoms with van der Waals surface area (Å²) in [5, 5.41) is 0. The van der Waals surface area contributed by atoms with Crippen LogP contribution in [-0.4, -0.2) is 0 Å². The summed E-state index contributed by atoms with van der Waals surface area (Å²) < 4.78 is 0.444. The van der Waals surface area contributed by atoms with Gasteiger partial charge in [-0.25, -0.2) is 0 Å². The Morgan fingerprint density at radius 3 is 1.17 bits per heavy atom. The van der Waals surface area contributed by atoms with Crippen molar-refractivity contribution >= 4 is 48.5 Å². The van der Waals surface area contributed by atoms with Gasteiger partial charge in [0.1, 0.15) is 0 Å². The number of hydrogen-bond acceptors (Lipinski definition) is 2. The van der Waals surface area contributed by atoms with Crippen LogP contribution in [-0.2, 0) is 0 Å². The molecule has 4 heteroatoms. The second-order valence-electron chi connectivity index (χ2n) is 0.582. The van der Waals surface area contributed by atoms with Gasteiger partial charge in [0.25, 0.3) is 0 Å². The molecule has 0 unspecified atom stereocenters. The van der Waals surface area contributed by atoms with Crippen LogP contribution in [0.15, 0.2) is 8.73 Å². The van der Waals surface area contributed by atoms with Crippen molar-refractivity contribution in [3.8, 4) is 0 Å². The third-order valence-corrected chi connectivity index (χ3v) is 1.53. The number of halogens is 2. The molecule has 0 aliphatic rings. The molecule has 6 heavy (non-hydrogen) atoms. The van der Waals surface area contributed by atoms with E-state index >= 15 is 0 Å². The Morgan fingerprint density at radius 1 is 1.00 bits per heavy atom. The summed E-state index contributed by atoms with van der Waals surface area (Å²) in [4.78, 5) is 0. The fraction of sp³-hybridized carbons (Fsp3) is 0. The van der Waals surface area contributed by atoms with Crippen molar-refractivity contribution in [2.45, 2.75) is 0 Å². The maximum atomic E-state index is 5.15. The molecule has 36 valence electrons. The zero-order valence-corrected chi connectivity index (χ0v) is 5.95. The maximum absolute atomic E-state index is 5.15. The molecular formula is C2H2Cl2S2. The van der Waals surface area contributed by atoms with Crippen molar-refractivity contribution in [3.63, 3.8) is 0 Å². The summed E-state index contributed by atoms with van der Waals surface area (Å²) in [6, 6.07) is 0. The Morgan fingerprint density at radius 2 is 1.17 bits per heavy atom. The van der Waals surface area contributed by atoms with Crippen LogP contribution in [0.3, 0.4) is 0 Å². The Hall–Kier alpha value is 1.02. The van der Waals surface area contributed by atoms with Crippen LogP contribution in [0.5, 0.6) is 0 Å². The summed E-state index contributed by atoms with van der Waals surface area (Å²) in [7, 11) is 0. The van der Waals surface area contributed by atoms with E-state index in [0.717, 1.165) is 0 Å². The standard InChI is InChI=1S/C2H2Cl2S2/c3-1(5)2(4)6/h5-6H/b2-1-. The van der Waals surface area contributed by atoms with Crippen LogP contribution in [0.4, 0.5) is 0 Å². The van der Waals surface area contributed by atoms with Gasteiger partial charge in [0, 0.05) is 0 Å². The van der Waals surface area contributed by atoms with E-state index in [9.17, 15) is 0 Å². The average molecular weight is 161 g/mol. The SMILES string of the molecule is S/C(Cl)=C(\S)Cl. The minimum atomic E-state index is 0.222. The first-order valence-electron chi connectivity index (χ1n) is 1.08. The van der Waals surface area contributed by atoms with Crippen molar-refractivity contribution in [1.82, 2.24) is 0 Å². The molecular weight excluding hydrogens is 159 g/mol. The van der Waals surface area contributed by atoms with Crippen LogP contribution in [0, 0.1) is 0 Å². The predicted octanol–water partition coefficient (Wildman–Crippen LogP) is 2.45. The van der Waals surface area contributed by atoms with E-state index in [2.05, 4.69) is 25.3 Å². The summed E-state index contributed by atoms with van der Waals surface area (Å²) >= 11 is 17.6. The molecule has 0 fully saturated rings. The van der Waals surface area contributed by atoms with E-state index in [4.69, 9.17) is 23.2 Å². The molecule has 0 spiro atoms. The first-order valence-corrected chi connectivity index (χ1v) is 2.73. The van der Waals surface area contributed by atoms with E-state index in [1.54, 1.807) is 0 Å². The second kappa shape index (κ2) is 3.08. The molecule has 0 aromatic heterocycles. The zero-order chi connectivity index (χ0) is 5.15. The number of rotatable bonds is 0. The Bertz CT molecular complexity index is 59.6. The predicted molar refractivity (Wildman–Crippen MR) is 36.7 cm³/mol. The molecule has 0 bridgehead atoms. The van der Waals surface area contributed by atoms with E-state index in [1.165, 1.54) is 0 Å². The van der Waals surface area contributed by atoms with Gasteiger partial charge in [-0.3, -0.25) is 0 Å². The lowest BCUT2D eigenvalue weighted by atomic mass is 11.2. The lowest BCUT2D eigenvalue weighted by Gasteiger charge is -1.79. The first kappa shape index (κ1) is 7.02. The van der Waals surface area contributed by atoms with Crippen molar-refractivity contribution in [2.24, 2.45) is 0 Å². The summed E-state index contributed by atoms with van der Waals surface area (Å²) in [5.41, 5.74) is 0. The highest BCUT2D eigenvalue weighted by atomic mass is 35.5. The first-order chi connectivity index (χ1) is 2.64. The maximum Gasteiger partial charge on any atom is 0.0953 e. The van der Waals surface area contributed by atoms with Gasteiger partial charge in [0.05, 0.1) is 8.73 Å². The molecule has 0 atom stereocenters. The largest absolute Gasteiger partial charge is 0.129 e. The lowest BCUT2D eigenvalue weighted by Crippen LogP contribution is -1.48. The van der Waals surface area contributed by atoms with Crippen molar-refractivity contribution < 1.29 is 0 Å². The monoisotopic (exact) mass is 160 g/mol. The van der Waals surface area contributed by atoms with Gasteiger partial charge in [0.15, 0.2) is 0 Å². The molecule has 0 N–H and O–H groups in total. The van der Waals surface area contributed by atoms with Crippen LogP contribution in [0.25, 0.3) is 0 Å². The van der Waals surface area contributed by atoms with Gasteiger partial charge < -0.3 is 0 Å². The van der Waals surface area contributed by atoms with E-state index in [0.29, 0.717) is 0 Å². The molecule has 0 nitrogen and oxygen atoms in total. The third-order valence-electron chi connectivity index (χ3n) is 0.170. The van der Waals surface area contributed by atoms with Gasteiger partial charge in [-0.2, -0.15) is 0 Å². The van der Waals surface area contributed by atoms with E-state index in [-0.39, 0.29) is 8.73 Å². The van der Waals surface area contributed by atoms with Gasteiger partial charge in [-0.05, 0) is 0 Å². The second-order valence-corrected chi connectivity index (χ2v) is 2.76. The normalized spacial score (nSPS) is 14.0. The van der Waals surface area contributed by atoms with Crippen molar-refractivity contribution in [3.05, 3.63) is 8.73 Å². The van der Waals surface area contributed by atoms with Crippen molar-refractivity contribution in [2.75, 3.05) is 0 Å². The van der Waals surface area contributed by atoms with E-state index < -0.39 is 0 Å². The molecule has 0 rings (SSSR count). The van der Waals surface area contributed by atoms with Gasteiger partial charge in [0.2, 0.25) is 0 Å². The summed E-state index contributed by atoms with van der Waals surface area (Å²) in [6.07, 6.45) is 0. The molecule has 0 heterocycles. The fourth-order valence-corrected chi connectivity index (χ4v) is 0. The number of thiol groups is 2. The topological polar surface area (TPSA) is 0 Å².